The number of benzene rings is 1. The molecule has 1 aliphatic heterocycles. The van der Waals surface area contributed by atoms with E-state index in [1.807, 2.05) is 24.3 Å². The second-order valence-electron chi connectivity index (χ2n) is 4.11. The molecule has 1 aliphatic rings. The highest BCUT2D eigenvalue weighted by molar-refractivity contribution is 9.10. The van der Waals surface area contributed by atoms with Crippen LogP contribution in [0, 0.1) is 0 Å². The summed E-state index contributed by atoms with van der Waals surface area (Å²) in [7, 11) is 0. The van der Waals surface area contributed by atoms with Crippen LogP contribution >= 0.6 is 39.9 Å². The normalized spacial score (nSPS) is 14.8. The van der Waals surface area contributed by atoms with Gasteiger partial charge in [0.15, 0.2) is 0 Å². The van der Waals surface area contributed by atoms with E-state index in [-0.39, 0.29) is 0 Å². The number of nitrogens with zero attached hydrogens (tertiary/aromatic N) is 1. The zero-order chi connectivity index (χ0) is 12.8. The molecular formula is C13H16BrNOS2. The topological polar surface area (TPSA) is 12.5 Å². The number of thiocarbonyl (C=S) groups is 1. The molecule has 1 fully saturated rings. The fourth-order valence-corrected chi connectivity index (χ4v) is 3.35. The highest BCUT2D eigenvalue weighted by atomic mass is 79.9. The number of halogens is 1. The van der Waals surface area contributed by atoms with E-state index in [4.69, 9.17) is 17.0 Å². The zero-order valence-corrected chi connectivity index (χ0v) is 13.3. The lowest BCUT2D eigenvalue weighted by molar-refractivity contribution is 0.344. The van der Waals surface area contributed by atoms with E-state index in [9.17, 15) is 0 Å². The molecule has 0 spiro atoms. The Bertz CT molecular complexity index is 408. The molecule has 18 heavy (non-hydrogen) atoms. The number of hydrogen-bond acceptors (Lipinski definition) is 3. The van der Waals surface area contributed by atoms with Gasteiger partial charge in [-0.3, -0.25) is 0 Å². The van der Waals surface area contributed by atoms with Crippen LogP contribution in [0.2, 0.25) is 0 Å². The van der Waals surface area contributed by atoms with E-state index >= 15 is 0 Å². The lowest BCUT2D eigenvalue weighted by atomic mass is 10.3. The Balaban J connectivity index is 1.65. The molecule has 0 unspecified atom stereocenters. The molecule has 0 saturated carbocycles. The second kappa shape index (κ2) is 7.36. The maximum Gasteiger partial charge on any atom is 0.136 e. The van der Waals surface area contributed by atoms with Crippen molar-refractivity contribution in [2.24, 2.45) is 0 Å². The highest BCUT2D eigenvalue weighted by Crippen LogP contribution is 2.19. The number of hydrogen-bond donors (Lipinski definition) is 0. The van der Waals surface area contributed by atoms with E-state index in [0.29, 0.717) is 6.61 Å². The minimum absolute atomic E-state index is 0.690. The van der Waals surface area contributed by atoms with Gasteiger partial charge in [0, 0.05) is 23.3 Å². The van der Waals surface area contributed by atoms with Crippen LogP contribution in [0.1, 0.15) is 12.8 Å². The molecule has 0 aromatic heterocycles. The van der Waals surface area contributed by atoms with Crippen LogP contribution in [-0.2, 0) is 0 Å². The van der Waals surface area contributed by atoms with Gasteiger partial charge in [-0.05, 0) is 31.0 Å². The van der Waals surface area contributed by atoms with E-state index in [2.05, 4.69) is 20.8 Å². The molecule has 2 rings (SSSR count). The third kappa shape index (κ3) is 4.44. The third-order valence-corrected chi connectivity index (χ3v) is 4.72. The smallest absolute Gasteiger partial charge is 0.136 e. The summed E-state index contributed by atoms with van der Waals surface area (Å²) in [6.45, 7) is 2.94. The first-order valence-corrected chi connectivity index (χ1v) is 8.24. The van der Waals surface area contributed by atoms with Crippen molar-refractivity contribution < 1.29 is 4.74 Å². The van der Waals surface area contributed by atoms with Gasteiger partial charge in [0.05, 0.1) is 6.61 Å². The molecule has 1 saturated heterocycles. The lowest BCUT2D eigenvalue weighted by Crippen LogP contribution is -2.24. The van der Waals surface area contributed by atoms with E-state index in [0.717, 1.165) is 33.4 Å². The van der Waals surface area contributed by atoms with Gasteiger partial charge in [0.1, 0.15) is 10.1 Å². The average Bonchev–Trinajstić information content (AvgIpc) is 2.88. The van der Waals surface area contributed by atoms with Crippen LogP contribution in [0.25, 0.3) is 0 Å². The van der Waals surface area contributed by atoms with Crippen LogP contribution in [0.4, 0.5) is 0 Å². The summed E-state index contributed by atoms with van der Waals surface area (Å²) in [6.07, 6.45) is 2.55. The zero-order valence-electron chi connectivity index (χ0n) is 10.1. The van der Waals surface area contributed by atoms with Crippen molar-refractivity contribution >= 4 is 44.2 Å². The summed E-state index contributed by atoms with van der Waals surface area (Å²) >= 11 is 10.5. The van der Waals surface area contributed by atoms with Gasteiger partial charge < -0.3 is 9.64 Å². The van der Waals surface area contributed by atoms with Crippen molar-refractivity contribution in [3.8, 4) is 5.75 Å². The molecule has 1 heterocycles. The van der Waals surface area contributed by atoms with Gasteiger partial charge in [0.25, 0.3) is 0 Å². The Hall–Kier alpha value is -0.260. The number of rotatable bonds is 4. The van der Waals surface area contributed by atoms with Crippen LogP contribution < -0.4 is 4.74 Å². The Morgan fingerprint density at radius 1 is 1.39 bits per heavy atom. The number of ether oxygens (including phenoxy) is 1. The SMILES string of the molecule is S=C(SCCOc1cccc(Br)c1)N1CCCC1. The molecule has 2 nitrogen and oxygen atoms in total. The Morgan fingerprint density at radius 2 is 2.17 bits per heavy atom. The maximum atomic E-state index is 5.67. The molecule has 0 radical (unpaired) electrons. The molecule has 0 N–H and O–H groups in total. The van der Waals surface area contributed by atoms with Crippen LogP contribution in [0.3, 0.4) is 0 Å². The van der Waals surface area contributed by atoms with Gasteiger partial charge in [-0.25, -0.2) is 0 Å². The monoisotopic (exact) mass is 345 g/mol. The molecular weight excluding hydrogens is 330 g/mol. The minimum Gasteiger partial charge on any atom is -0.493 e. The van der Waals surface area contributed by atoms with Crippen molar-refractivity contribution in [3.05, 3.63) is 28.7 Å². The lowest BCUT2D eigenvalue weighted by Gasteiger charge is -2.17. The van der Waals surface area contributed by atoms with Gasteiger partial charge in [-0.1, -0.05) is 46.0 Å². The quantitative estimate of drug-likeness (QED) is 0.604. The molecule has 98 valence electrons. The standard InChI is InChI=1S/C13H16BrNOS2/c14-11-4-3-5-12(10-11)16-8-9-18-13(17)15-6-1-2-7-15/h3-5,10H,1-2,6-9H2. The molecule has 0 aliphatic carbocycles. The van der Waals surface area contributed by atoms with E-state index in [1.165, 1.54) is 12.8 Å². The Morgan fingerprint density at radius 3 is 2.89 bits per heavy atom. The van der Waals surface area contributed by atoms with Gasteiger partial charge in [0.2, 0.25) is 0 Å². The van der Waals surface area contributed by atoms with Crippen LogP contribution in [0.5, 0.6) is 5.75 Å². The minimum atomic E-state index is 0.690. The van der Waals surface area contributed by atoms with Crippen molar-refractivity contribution in [3.63, 3.8) is 0 Å². The summed E-state index contributed by atoms with van der Waals surface area (Å²) in [6, 6.07) is 7.91. The summed E-state index contributed by atoms with van der Waals surface area (Å²) < 4.78 is 7.73. The first-order valence-electron chi connectivity index (χ1n) is 6.06. The Kier molecular flexibility index (Phi) is 5.79. The molecule has 0 atom stereocenters. The summed E-state index contributed by atoms with van der Waals surface area (Å²) in [5.74, 6) is 1.80. The predicted octanol–water partition coefficient (Wildman–Crippen LogP) is 3.94. The molecule has 5 heteroatoms. The molecule has 1 aromatic carbocycles. The first-order chi connectivity index (χ1) is 8.75. The van der Waals surface area contributed by atoms with Crippen molar-refractivity contribution in [1.82, 2.24) is 4.90 Å². The van der Waals surface area contributed by atoms with Crippen molar-refractivity contribution in [2.75, 3.05) is 25.4 Å². The van der Waals surface area contributed by atoms with Gasteiger partial charge >= 0.3 is 0 Å². The first kappa shape index (κ1) is 14.2. The molecule has 0 amide bonds. The Labute approximate surface area is 126 Å². The predicted molar refractivity (Wildman–Crippen MR) is 85.5 cm³/mol. The summed E-state index contributed by atoms with van der Waals surface area (Å²) in [5.41, 5.74) is 0. The fourth-order valence-electron chi connectivity index (χ4n) is 1.84. The van der Waals surface area contributed by atoms with E-state index in [1.54, 1.807) is 11.8 Å². The average molecular weight is 346 g/mol. The number of thioether (sulfide) groups is 1. The fraction of sp³-hybridized carbons (Fsp3) is 0.462. The molecule has 1 aromatic rings. The van der Waals surface area contributed by atoms with Gasteiger partial charge in [-0.15, -0.1) is 0 Å². The van der Waals surface area contributed by atoms with Crippen LogP contribution in [-0.4, -0.2) is 34.7 Å². The van der Waals surface area contributed by atoms with Gasteiger partial charge in [-0.2, -0.15) is 0 Å². The summed E-state index contributed by atoms with van der Waals surface area (Å²) in [5, 5.41) is 0. The largest absolute Gasteiger partial charge is 0.493 e. The maximum absolute atomic E-state index is 5.67. The molecule has 0 bridgehead atoms. The van der Waals surface area contributed by atoms with Crippen molar-refractivity contribution in [2.45, 2.75) is 12.8 Å². The summed E-state index contributed by atoms with van der Waals surface area (Å²) in [4.78, 5) is 2.29. The third-order valence-electron chi connectivity index (χ3n) is 2.74. The second-order valence-corrected chi connectivity index (χ2v) is 6.76. The van der Waals surface area contributed by atoms with E-state index < -0.39 is 0 Å². The van der Waals surface area contributed by atoms with Crippen molar-refractivity contribution in [1.29, 1.82) is 0 Å². The number of likely N-dealkylation sites (tertiary alicyclic amines) is 1. The van der Waals surface area contributed by atoms with Crippen LogP contribution in [0.15, 0.2) is 28.7 Å². The highest BCUT2D eigenvalue weighted by Gasteiger charge is 2.14.